The molecule has 2 aromatic carbocycles. The highest BCUT2D eigenvalue weighted by Gasteiger charge is 2.28. The van der Waals surface area contributed by atoms with Crippen LogP contribution in [-0.4, -0.2) is 17.0 Å². The number of urea groups is 1. The van der Waals surface area contributed by atoms with E-state index in [1.807, 2.05) is 95.5 Å². The van der Waals surface area contributed by atoms with Crippen LogP contribution in [0.15, 0.2) is 58.9 Å². The molecule has 0 bridgehead atoms. The maximum atomic E-state index is 12.9. The number of benzene rings is 2. The molecule has 1 heterocycles. The molecule has 1 aromatic heterocycles. The maximum absolute atomic E-state index is 12.9. The quantitative estimate of drug-likeness (QED) is 0.157. The summed E-state index contributed by atoms with van der Waals surface area (Å²) in [5.41, 5.74) is 9.26. The number of amides is 2. The van der Waals surface area contributed by atoms with Gasteiger partial charge < -0.3 is 16.2 Å². The van der Waals surface area contributed by atoms with Gasteiger partial charge in [0.1, 0.15) is 11.6 Å². The average Bonchev–Trinajstić information content (AvgIpc) is 3.31. The van der Waals surface area contributed by atoms with Gasteiger partial charge in [-0.25, -0.2) is 14.1 Å². The molecule has 0 aliphatic rings. The number of nitrogens with two attached hydrogens (primary N) is 1. The molecule has 0 aliphatic carbocycles. The molecule has 0 unspecified atom stereocenters. The third kappa shape index (κ3) is 7.18. The number of anilines is 1. The first-order valence-electron chi connectivity index (χ1n) is 11.4. The van der Waals surface area contributed by atoms with Crippen molar-refractivity contribution in [2.45, 2.75) is 58.9 Å². The van der Waals surface area contributed by atoms with Crippen molar-refractivity contribution < 1.29 is 9.90 Å². The fraction of sp³-hybridized carbons (Fsp3) is 0.333. The van der Waals surface area contributed by atoms with E-state index in [2.05, 4.69) is 23.1 Å². The largest absolute Gasteiger partial charge is 0.507 e. The molecule has 0 saturated heterocycles. The monoisotopic (exact) mass is 546 g/mol. The summed E-state index contributed by atoms with van der Waals surface area (Å²) in [6.07, 6.45) is 0. The molecular formula is C27H35ClN4O2S2. The van der Waals surface area contributed by atoms with Gasteiger partial charge in [0.25, 0.3) is 0 Å². The van der Waals surface area contributed by atoms with Gasteiger partial charge in [0, 0.05) is 17.7 Å². The first-order chi connectivity index (χ1) is 16.3. The summed E-state index contributed by atoms with van der Waals surface area (Å²) >= 11 is 6.01. The maximum Gasteiger partial charge on any atom is 0.332 e. The molecule has 194 valence electrons. The molecule has 0 saturated carbocycles. The van der Waals surface area contributed by atoms with E-state index < -0.39 is 0 Å². The minimum Gasteiger partial charge on any atom is -0.507 e. The predicted octanol–water partition coefficient (Wildman–Crippen LogP) is 7.07. The molecule has 0 radical (unpaired) electrons. The predicted molar refractivity (Wildman–Crippen MR) is 158 cm³/mol. The number of thiophene rings is 1. The number of thiol groups is 1. The van der Waals surface area contributed by atoms with E-state index in [0.717, 1.165) is 27.3 Å². The molecule has 3 rings (SSSR count). The Kier molecular flexibility index (Phi) is 9.51. The van der Waals surface area contributed by atoms with E-state index in [4.69, 9.17) is 5.73 Å². The number of phenolic OH excluding ortho intramolecular Hbond substituents is 1. The third-order valence-corrected chi connectivity index (χ3v) is 6.86. The Labute approximate surface area is 229 Å². The second-order valence-corrected chi connectivity index (χ2v) is 11.8. The van der Waals surface area contributed by atoms with E-state index >= 15 is 0 Å². The second-order valence-electron chi connectivity index (χ2n) is 10.5. The highest BCUT2D eigenvalue weighted by molar-refractivity contribution is 7.82. The fourth-order valence-corrected chi connectivity index (χ4v) is 4.38. The zero-order chi connectivity index (χ0) is 26.0. The number of carbonyl (C=O) groups excluding carboxylic acids is 1. The summed E-state index contributed by atoms with van der Waals surface area (Å²) in [5, 5.41) is 15.8. The van der Waals surface area contributed by atoms with Crippen molar-refractivity contribution in [2.75, 3.05) is 4.31 Å². The van der Waals surface area contributed by atoms with Gasteiger partial charge >= 0.3 is 6.03 Å². The van der Waals surface area contributed by atoms with Crippen LogP contribution in [0.5, 0.6) is 5.75 Å². The molecule has 0 spiro atoms. The van der Waals surface area contributed by atoms with Crippen LogP contribution in [0.2, 0.25) is 0 Å². The van der Waals surface area contributed by atoms with Crippen LogP contribution in [0.4, 0.5) is 16.2 Å². The topological polar surface area (TPSA) is 91.0 Å². The summed E-state index contributed by atoms with van der Waals surface area (Å²) in [6.45, 7) is 12.5. The highest BCUT2D eigenvalue weighted by Crippen LogP contribution is 2.42. The van der Waals surface area contributed by atoms with E-state index in [1.54, 1.807) is 11.3 Å². The first-order valence-corrected chi connectivity index (χ1v) is 12.7. The minimum absolute atomic E-state index is 0. The lowest BCUT2D eigenvalue weighted by molar-refractivity contribution is 0.249. The third-order valence-electron chi connectivity index (χ3n) is 5.55. The van der Waals surface area contributed by atoms with Crippen molar-refractivity contribution >= 4 is 59.8 Å². The molecule has 9 heteroatoms. The first kappa shape index (κ1) is 29.5. The van der Waals surface area contributed by atoms with Crippen LogP contribution >= 0.6 is 36.6 Å². The van der Waals surface area contributed by atoms with Crippen LogP contribution < -0.4 is 15.4 Å². The summed E-state index contributed by atoms with van der Waals surface area (Å²) in [4.78, 5) is 18.3. The number of amidine groups is 1. The molecule has 6 nitrogen and oxygen atoms in total. The second kappa shape index (κ2) is 11.6. The lowest BCUT2D eigenvalue weighted by atomic mass is 9.79. The number of nitrogens with zero attached hydrogens (tertiary/aromatic N) is 2. The summed E-state index contributed by atoms with van der Waals surface area (Å²) in [6, 6.07) is 14.7. The number of hydrogen-bond acceptors (Lipinski definition) is 5. The van der Waals surface area contributed by atoms with Gasteiger partial charge in [-0.1, -0.05) is 72.6 Å². The molecule has 36 heavy (non-hydrogen) atoms. The number of rotatable bonds is 5. The smallest absolute Gasteiger partial charge is 0.332 e. The highest BCUT2D eigenvalue weighted by atomic mass is 35.5. The molecule has 3 aromatic rings. The van der Waals surface area contributed by atoms with Crippen LogP contribution in [0.25, 0.3) is 0 Å². The van der Waals surface area contributed by atoms with Crippen LogP contribution in [0, 0.1) is 0 Å². The summed E-state index contributed by atoms with van der Waals surface area (Å²) in [7, 11) is 0. The lowest BCUT2D eigenvalue weighted by Crippen LogP contribution is -2.34. The van der Waals surface area contributed by atoms with Crippen LogP contribution in [0.3, 0.4) is 0 Å². The number of aromatic hydroxyl groups is 1. The molecule has 4 N–H and O–H groups in total. The van der Waals surface area contributed by atoms with Gasteiger partial charge in [-0.15, -0.1) is 23.7 Å². The lowest BCUT2D eigenvalue weighted by Gasteiger charge is -2.29. The number of nitrogens with one attached hydrogen (secondary N) is 1. The molecule has 0 atom stereocenters. The van der Waals surface area contributed by atoms with E-state index in [1.165, 1.54) is 4.31 Å². The summed E-state index contributed by atoms with van der Waals surface area (Å²) in [5.74, 6) is 0.739. The average molecular weight is 547 g/mol. The summed E-state index contributed by atoms with van der Waals surface area (Å²) < 4.78 is 1.28. The van der Waals surface area contributed by atoms with Gasteiger partial charge in [-0.3, -0.25) is 0 Å². The van der Waals surface area contributed by atoms with Crippen LogP contribution in [-0.2, 0) is 17.4 Å². The van der Waals surface area contributed by atoms with Crippen molar-refractivity contribution in [1.82, 2.24) is 5.32 Å². The number of hydrogen-bond donors (Lipinski definition) is 4. The zero-order valence-electron chi connectivity index (χ0n) is 21.5. The van der Waals surface area contributed by atoms with Crippen molar-refractivity contribution in [3.05, 3.63) is 75.5 Å². The standard InChI is InChI=1S/C27H34N4O2S2.ClH/c1-26(2,3)20-14-19(15-21(23(20)32)27(4,5)6)31(34)25(33)29-16-17-9-11-18(12-10-17)30-24(28)22-8-7-13-35-22;/h7-15,32,34H,16H2,1-6H3,(H2,28,30)(H,29,33);1H. The Hall–Kier alpha value is -2.68. The van der Waals surface area contributed by atoms with Gasteiger partial charge in [0.15, 0.2) is 0 Å². The molecule has 2 amide bonds. The van der Waals surface area contributed by atoms with Crippen LogP contribution in [0.1, 0.15) is 63.1 Å². The number of halogens is 1. The number of aliphatic imine (C=N–C) groups is 1. The normalized spacial score (nSPS) is 12.1. The van der Waals surface area contributed by atoms with Crippen molar-refractivity contribution in [2.24, 2.45) is 10.7 Å². The Bertz CT molecular complexity index is 1180. The van der Waals surface area contributed by atoms with Crippen molar-refractivity contribution in [3.8, 4) is 5.75 Å². The SMILES string of the molecule is CC(C)(C)c1cc(N(S)C(=O)NCc2ccc(N=C(N)c3cccs3)cc2)cc(C(C)(C)C)c1O.Cl. The Morgan fingerprint density at radius 2 is 1.61 bits per heavy atom. The minimum atomic E-state index is -0.359. The molecular weight excluding hydrogens is 512 g/mol. The molecule has 0 fully saturated rings. The Balaban J connectivity index is 0.00000456. The Morgan fingerprint density at radius 3 is 2.08 bits per heavy atom. The molecule has 0 aliphatic heterocycles. The van der Waals surface area contributed by atoms with E-state index in [-0.39, 0.29) is 35.0 Å². The fourth-order valence-electron chi connectivity index (χ4n) is 3.56. The van der Waals surface area contributed by atoms with E-state index in [9.17, 15) is 9.90 Å². The van der Waals surface area contributed by atoms with Gasteiger partial charge in [-0.2, -0.15) is 0 Å². The van der Waals surface area contributed by atoms with Crippen molar-refractivity contribution in [3.63, 3.8) is 0 Å². The van der Waals surface area contributed by atoms with Gasteiger partial charge in [-0.05, 0) is 52.1 Å². The van der Waals surface area contributed by atoms with Gasteiger partial charge in [0.05, 0.1) is 16.3 Å². The Morgan fingerprint density at radius 1 is 1.06 bits per heavy atom. The van der Waals surface area contributed by atoms with Gasteiger partial charge in [0.2, 0.25) is 0 Å². The zero-order valence-corrected chi connectivity index (χ0v) is 24.0. The van der Waals surface area contributed by atoms with Crippen molar-refractivity contribution in [1.29, 1.82) is 0 Å². The van der Waals surface area contributed by atoms with E-state index in [0.29, 0.717) is 18.1 Å². The number of carbonyl (C=O) groups is 1. The number of phenols is 1.